The zero-order valence-electron chi connectivity index (χ0n) is 10.1. The summed E-state index contributed by atoms with van der Waals surface area (Å²) in [7, 11) is 0. The van der Waals surface area contributed by atoms with Crippen LogP contribution in [0.5, 0.6) is 0 Å². The molecule has 0 spiro atoms. The van der Waals surface area contributed by atoms with Crippen molar-refractivity contribution in [3.05, 3.63) is 46.8 Å². The van der Waals surface area contributed by atoms with E-state index in [9.17, 15) is 0 Å². The summed E-state index contributed by atoms with van der Waals surface area (Å²) >= 11 is 0. The Bertz CT molecular complexity index is 555. The van der Waals surface area contributed by atoms with E-state index in [1.165, 1.54) is 28.9 Å². The van der Waals surface area contributed by atoms with Crippen LogP contribution in [-0.4, -0.2) is 9.78 Å². The van der Waals surface area contributed by atoms with E-state index in [2.05, 4.69) is 31.2 Å². The zero-order chi connectivity index (χ0) is 11.8. The molecule has 2 N–H and O–H groups in total. The van der Waals surface area contributed by atoms with Crippen LogP contribution >= 0.6 is 0 Å². The van der Waals surface area contributed by atoms with E-state index < -0.39 is 0 Å². The van der Waals surface area contributed by atoms with Gasteiger partial charge in [-0.3, -0.25) is 0 Å². The molecular formula is C14H17N3. The van der Waals surface area contributed by atoms with Crippen molar-refractivity contribution < 1.29 is 0 Å². The Hall–Kier alpha value is -1.61. The van der Waals surface area contributed by atoms with Crippen molar-refractivity contribution in [1.29, 1.82) is 0 Å². The number of aromatic nitrogens is 2. The van der Waals surface area contributed by atoms with Gasteiger partial charge in [-0.2, -0.15) is 5.10 Å². The maximum absolute atomic E-state index is 5.89. The van der Waals surface area contributed by atoms with E-state index in [-0.39, 0.29) is 0 Å². The van der Waals surface area contributed by atoms with E-state index >= 15 is 0 Å². The number of nitrogens with two attached hydrogens (primary N) is 1. The Labute approximate surface area is 101 Å². The molecule has 0 fully saturated rings. The number of fused-ring (bicyclic) bond motifs is 1. The fraction of sp³-hybridized carbons (Fsp3) is 0.357. The van der Waals surface area contributed by atoms with Crippen LogP contribution in [-0.2, 0) is 19.4 Å². The van der Waals surface area contributed by atoms with Crippen LogP contribution in [0.2, 0.25) is 0 Å². The fourth-order valence-electron chi connectivity index (χ4n) is 2.67. The number of para-hydroxylation sites is 1. The van der Waals surface area contributed by atoms with Crippen molar-refractivity contribution in [1.82, 2.24) is 9.78 Å². The molecule has 1 aromatic heterocycles. The van der Waals surface area contributed by atoms with Gasteiger partial charge in [-0.15, -0.1) is 0 Å². The summed E-state index contributed by atoms with van der Waals surface area (Å²) in [6, 6.07) is 8.33. The lowest BCUT2D eigenvalue weighted by Gasteiger charge is -2.10. The molecule has 0 unspecified atom stereocenters. The van der Waals surface area contributed by atoms with Gasteiger partial charge in [0.15, 0.2) is 0 Å². The van der Waals surface area contributed by atoms with Gasteiger partial charge in [-0.1, -0.05) is 18.2 Å². The SMILES string of the molecule is Cc1ccccc1-n1nc2c(c1CN)CCC2. The Morgan fingerprint density at radius 1 is 1.29 bits per heavy atom. The van der Waals surface area contributed by atoms with Crippen LogP contribution in [0, 0.1) is 6.92 Å². The minimum atomic E-state index is 0.566. The van der Waals surface area contributed by atoms with Crippen LogP contribution in [0.4, 0.5) is 0 Å². The molecular weight excluding hydrogens is 210 g/mol. The zero-order valence-corrected chi connectivity index (χ0v) is 10.1. The molecule has 1 heterocycles. The van der Waals surface area contributed by atoms with Gasteiger partial charge in [-0.05, 0) is 43.4 Å². The predicted molar refractivity (Wildman–Crippen MR) is 68.2 cm³/mol. The molecule has 0 aliphatic heterocycles. The molecule has 3 heteroatoms. The van der Waals surface area contributed by atoms with Crippen LogP contribution in [0.1, 0.15) is 28.9 Å². The van der Waals surface area contributed by atoms with Crippen molar-refractivity contribution in [2.75, 3.05) is 0 Å². The highest BCUT2D eigenvalue weighted by Crippen LogP contribution is 2.27. The average molecular weight is 227 g/mol. The van der Waals surface area contributed by atoms with Gasteiger partial charge in [0.1, 0.15) is 0 Å². The Morgan fingerprint density at radius 3 is 2.88 bits per heavy atom. The second-order valence-electron chi connectivity index (χ2n) is 4.63. The van der Waals surface area contributed by atoms with E-state index in [0.29, 0.717) is 6.54 Å². The first-order valence-electron chi connectivity index (χ1n) is 6.17. The third kappa shape index (κ3) is 1.58. The minimum Gasteiger partial charge on any atom is -0.325 e. The normalized spacial score (nSPS) is 14.0. The maximum Gasteiger partial charge on any atom is 0.0678 e. The number of hydrogen-bond acceptors (Lipinski definition) is 2. The summed E-state index contributed by atoms with van der Waals surface area (Å²) in [6.45, 7) is 2.68. The third-order valence-corrected chi connectivity index (χ3v) is 3.55. The summed E-state index contributed by atoms with van der Waals surface area (Å²) in [5.74, 6) is 0. The first-order chi connectivity index (χ1) is 8.31. The number of nitrogens with zero attached hydrogens (tertiary/aromatic N) is 2. The molecule has 0 radical (unpaired) electrons. The molecule has 3 rings (SSSR count). The fourth-order valence-corrected chi connectivity index (χ4v) is 2.67. The summed E-state index contributed by atoms with van der Waals surface area (Å²) in [5.41, 5.74) is 12.1. The molecule has 88 valence electrons. The van der Waals surface area contributed by atoms with Crippen molar-refractivity contribution in [2.45, 2.75) is 32.7 Å². The maximum atomic E-state index is 5.89. The van der Waals surface area contributed by atoms with Crippen LogP contribution < -0.4 is 5.73 Å². The number of rotatable bonds is 2. The van der Waals surface area contributed by atoms with Gasteiger partial charge in [0.05, 0.1) is 17.1 Å². The second-order valence-corrected chi connectivity index (χ2v) is 4.63. The van der Waals surface area contributed by atoms with E-state index in [1.807, 2.05) is 4.68 Å². The molecule has 1 aromatic carbocycles. The van der Waals surface area contributed by atoms with Crippen molar-refractivity contribution >= 4 is 0 Å². The van der Waals surface area contributed by atoms with Gasteiger partial charge in [0.25, 0.3) is 0 Å². The van der Waals surface area contributed by atoms with Crippen LogP contribution in [0.3, 0.4) is 0 Å². The summed E-state index contributed by atoms with van der Waals surface area (Å²) < 4.78 is 2.04. The highest BCUT2D eigenvalue weighted by molar-refractivity contribution is 5.44. The first kappa shape index (κ1) is 10.5. The van der Waals surface area contributed by atoms with Gasteiger partial charge in [0.2, 0.25) is 0 Å². The van der Waals surface area contributed by atoms with E-state index in [4.69, 9.17) is 10.8 Å². The highest BCUT2D eigenvalue weighted by Gasteiger charge is 2.22. The van der Waals surface area contributed by atoms with E-state index in [1.54, 1.807) is 0 Å². The Balaban J connectivity index is 2.19. The highest BCUT2D eigenvalue weighted by atomic mass is 15.3. The summed E-state index contributed by atoms with van der Waals surface area (Å²) in [4.78, 5) is 0. The quantitative estimate of drug-likeness (QED) is 0.854. The van der Waals surface area contributed by atoms with Gasteiger partial charge < -0.3 is 5.73 Å². The van der Waals surface area contributed by atoms with Crippen molar-refractivity contribution in [2.24, 2.45) is 5.73 Å². The molecule has 0 saturated heterocycles. The molecule has 1 aliphatic rings. The van der Waals surface area contributed by atoms with Crippen LogP contribution in [0.25, 0.3) is 5.69 Å². The molecule has 3 nitrogen and oxygen atoms in total. The summed E-state index contributed by atoms with van der Waals surface area (Å²) in [5, 5.41) is 4.73. The lowest BCUT2D eigenvalue weighted by Crippen LogP contribution is -2.10. The largest absolute Gasteiger partial charge is 0.325 e. The molecule has 1 aliphatic carbocycles. The van der Waals surface area contributed by atoms with Crippen molar-refractivity contribution in [3.8, 4) is 5.69 Å². The minimum absolute atomic E-state index is 0.566. The van der Waals surface area contributed by atoms with Crippen LogP contribution in [0.15, 0.2) is 24.3 Å². The molecule has 0 saturated carbocycles. The monoisotopic (exact) mass is 227 g/mol. The Morgan fingerprint density at radius 2 is 2.12 bits per heavy atom. The topological polar surface area (TPSA) is 43.8 Å². The standard InChI is InChI=1S/C14H17N3/c1-10-5-2-3-8-13(10)17-14(9-15)11-6-4-7-12(11)16-17/h2-3,5,8H,4,6-7,9,15H2,1H3. The molecule has 0 amide bonds. The lowest BCUT2D eigenvalue weighted by atomic mass is 10.1. The second kappa shape index (κ2) is 4.00. The first-order valence-corrected chi connectivity index (χ1v) is 6.17. The van der Waals surface area contributed by atoms with Gasteiger partial charge >= 0.3 is 0 Å². The molecule has 0 bridgehead atoms. The molecule has 17 heavy (non-hydrogen) atoms. The molecule has 2 aromatic rings. The number of hydrogen-bond donors (Lipinski definition) is 1. The smallest absolute Gasteiger partial charge is 0.0678 e. The van der Waals surface area contributed by atoms with Crippen molar-refractivity contribution in [3.63, 3.8) is 0 Å². The predicted octanol–water partition coefficient (Wildman–Crippen LogP) is 2.13. The Kier molecular flexibility index (Phi) is 2.48. The van der Waals surface area contributed by atoms with Gasteiger partial charge in [-0.25, -0.2) is 4.68 Å². The third-order valence-electron chi connectivity index (χ3n) is 3.55. The van der Waals surface area contributed by atoms with E-state index in [0.717, 1.165) is 18.5 Å². The molecule has 0 atom stereocenters. The average Bonchev–Trinajstić information content (AvgIpc) is 2.89. The lowest BCUT2D eigenvalue weighted by molar-refractivity contribution is 0.749. The van der Waals surface area contributed by atoms with Gasteiger partial charge in [0, 0.05) is 6.54 Å². The summed E-state index contributed by atoms with van der Waals surface area (Å²) in [6.07, 6.45) is 3.45. The number of benzene rings is 1. The number of aryl methyl sites for hydroxylation is 2.